The number of nitrogens with zero attached hydrogens (tertiary/aromatic N) is 2. The molecule has 3 aromatic rings. The van der Waals surface area contributed by atoms with Crippen LogP contribution in [0.2, 0.25) is 5.02 Å². The van der Waals surface area contributed by atoms with Gasteiger partial charge in [-0.3, -0.25) is 9.69 Å². The number of rotatable bonds is 6. The number of amides is 1. The van der Waals surface area contributed by atoms with Crippen molar-refractivity contribution in [1.82, 2.24) is 4.98 Å². The van der Waals surface area contributed by atoms with Crippen LogP contribution in [-0.4, -0.2) is 44.4 Å². The van der Waals surface area contributed by atoms with E-state index in [1.165, 1.54) is 11.3 Å². The van der Waals surface area contributed by atoms with Crippen molar-refractivity contribution in [3.05, 3.63) is 47.0 Å². The first kappa shape index (κ1) is 19.9. The normalized spacial score (nSPS) is 16.2. The number of aromatic nitrogens is 1. The number of para-hydroxylation sites is 1. The number of halogens is 1. The summed E-state index contributed by atoms with van der Waals surface area (Å²) in [5, 5.41) is 1.17. The van der Waals surface area contributed by atoms with Crippen LogP contribution >= 0.6 is 22.9 Å². The van der Waals surface area contributed by atoms with Crippen LogP contribution in [0.3, 0.4) is 0 Å². The number of thiazole rings is 1. The van der Waals surface area contributed by atoms with E-state index < -0.39 is 0 Å². The monoisotopic (exact) mass is 432 g/mol. The second kappa shape index (κ2) is 8.57. The zero-order valence-corrected chi connectivity index (χ0v) is 17.8. The summed E-state index contributed by atoms with van der Waals surface area (Å²) >= 11 is 7.74. The van der Waals surface area contributed by atoms with Crippen molar-refractivity contribution >= 4 is 44.2 Å². The molecule has 1 unspecified atom stereocenters. The van der Waals surface area contributed by atoms with Gasteiger partial charge in [-0.25, -0.2) is 4.98 Å². The van der Waals surface area contributed by atoms with E-state index in [0.717, 1.165) is 17.5 Å². The average Bonchev–Trinajstić information content (AvgIpc) is 3.41. The van der Waals surface area contributed by atoms with Gasteiger partial charge in [0.1, 0.15) is 5.52 Å². The predicted octanol–water partition coefficient (Wildman–Crippen LogP) is 4.79. The van der Waals surface area contributed by atoms with Gasteiger partial charge in [-0.2, -0.15) is 0 Å². The first-order chi connectivity index (χ1) is 14.1. The highest BCUT2D eigenvalue weighted by atomic mass is 35.5. The maximum atomic E-state index is 13.5. The number of hydrogen-bond donors (Lipinski definition) is 0. The summed E-state index contributed by atoms with van der Waals surface area (Å²) in [6.07, 6.45) is 1.90. The fraction of sp³-hybridized carbons (Fsp3) is 0.333. The van der Waals surface area contributed by atoms with E-state index >= 15 is 0 Å². The molecule has 1 fully saturated rings. The number of benzene rings is 2. The van der Waals surface area contributed by atoms with Crippen molar-refractivity contribution in [2.75, 3.05) is 32.3 Å². The lowest BCUT2D eigenvalue weighted by Gasteiger charge is -2.23. The van der Waals surface area contributed by atoms with E-state index in [0.29, 0.717) is 45.9 Å². The lowest BCUT2D eigenvalue weighted by molar-refractivity contribution is 0.0917. The lowest BCUT2D eigenvalue weighted by Crippen LogP contribution is -2.37. The third-order valence-electron chi connectivity index (χ3n) is 4.88. The Kier molecular flexibility index (Phi) is 5.89. The Morgan fingerprint density at radius 3 is 2.79 bits per heavy atom. The number of carbonyl (C=O) groups is 1. The number of methoxy groups -OCH3 is 2. The first-order valence-electron chi connectivity index (χ1n) is 9.31. The Labute approximate surface area is 178 Å². The van der Waals surface area contributed by atoms with E-state index in [-0.39, 0.29) is 12.0 Å². The minimum atomic E-state index is -0.170. The van der Waals surface area contributed by atoms with Gasteiger partial charge in [0.15, 0.2) is 16.6 Å². The van der Waals surface area contributed by atoms with Gasteiger partial charge in [-0.05, 0) is 43.2 Å². The summed E-state index contributed by atoms with van der Waals surface area (Å²) in [4.78, 5) is 19.8. The van der Waals surface area contributed by atoms with Crippen molar-refractivity contribution in [2.24, 2.45) is 0 Å². The first-order valence-corrected chi connectivity index (χ1v) is 10.5. The molecule has 4 rings (SSSR count). The topological polar surface area (TPSA) is 60.9 Å². The van der Waals surface area contributed by atoms with Crippen LogP contribution in [0.1, 0.15) is 23.2 Å². The second-order valence-corrected chi connectivity index (χ2v) is 8.12. The van der Waals surface area contributed by atoms with E-state index in [2.05, 4.69) is 4.98 Å². The zero-order chi connectivity index (χ0) is 20.4. The standard InChI is InChI=1S/C21H21ClN2O4S/c1-26-16-9-8-13(11-17(16)27-2)20(25)24(12-14-5-4-10-28-14)21-23-19-15(22)6-3-7-18(19)29-21/h3,6-9,11,14H,4-5,10,12H2,1-2H3. The molecule has 0 spiro atoms. The Bertz CT molecular complexity index is 1030. The molecule has 1 aromatic heterocycles. The minimum absolute atomic E-state index is 0.0124. The molecule has 2 heterocycles. The van der Waals surface area contributed by atoms with E-state index in [4.69, 9.17) is 25.8 Å². The van der Waals surface area contributed by atoms with Gasteiger partial charge in [0.05, 0.1) is 36.6 Å². The van der Waals surface area contributed by atoms with Gasteiger partial charge in [-0.1, -0.05) is 29.0 Å². The summed E-state index contributed by atoms with van der Waals surface area (Å²) in [6, 6.07) is 10.8. The smallest absolute Gasteiger partial charge is 0.260 e. The SMILES string of the molecule is COc1ccc(C(=O)N(CC2CCCO2)c2nc3c(Cl)cccc3s2)cc1OC. The van der Waals surface area contributed by atoms with Crippen LogP contribution in [0.15, 0.2) is 36.4 Å². The van der Waals surface area contributed by atoms with Crippen LogP contribution in [0.5, 0.6) is 11.5 Å². The highest BCUT2D eigenvalue weighted by Gasteiger charge is 2.28. The maximum absolute atomic E-state index is 13.5. The minimum Gasteiger partial charge on any atom is -0.493 e. The quantitative estimate of drug-likeness (QED) is 0.560. The molecular formula is C21H21ClN2O4S. The Hall–Kier alpha value is -2.35. The molecule has 0 N–H and O–H groups in total. The number of anilines is 1. The summed E-state index contributed by atoms with van der Waals surface area (Å²) in [5.41, 5.74) is 1.19. The number of fused-ring (bicyclic) bond motifs is 1. The van der Waals surface area contributed by atoms with E-state index in [9.17, 15) is 4.79 Å². The summed E-state index contributed by atoms with van der Waals surface area (Å²) in [5.74, 6) is 0.904. The second-order valence-electron chi connectivity index (χ2n) is 6.70. The van der Waals surface area contributed by atoms with Gasteiger partial charge < -0.3 is 14.2 Å². The maximum Gasteiger partial charge on any atom is 0.260 e. The van der Waals surface area contributed by atoms with Crippen LogP contribution in [0.25, 0.3) is 10.2 Å². The number of carbonyl (C=O) groups excluding carboxylic acids is 1. The molecule has 8 heteroatoms. The highest BCUT2D eigenvalue weighted by Crippen LogP contribution is 2.35. The Morgan fingerprint density at radius 2 is 2.10 bits per heavy atom. The molecule has 0 saturated carbocycles. The molecule has 0 bridgehead atoms. The van der Waals surface area contributed by atoms with Crippen molar-refractivity contribution in [1.29, 1.82) is 0 Å². The van der Waals surface area contributed by atoms with Crippen LogP contribution < -0.4 is 14.4 Å². The molecule has 29 heavy (non-hydrogen) atoms. The average molecular weight is 433 g/mol. The lowest BCUT2D eigenvalue weighted by atomic mass is 10.1. The Morgan fingerprint density at radius 1 is 1.28 bits per heavy atom. The van der Waals surface area contributed by atoms with Gasteiger partial charge in [0.25, 0.3) is 5.91 Å². The van der Waals surface area contributed by atoms with Gasteiger partial charge >= 0.3 is 0 Å². The van der Waals surface area contributed by atoms with Gasteiger partial charge in [0.2, 0.25) is 0 Å². The molecule has 1 amide bonds. The molecule has 1 saturated heterocycles. The molecule has 0 radical (unpaired) electrons. The molecule has 2 aromatic carbocycles. The summed E-state index contributed by atoms with van der Waals surface area (Å²) in [6.45, 7) is 1.15. The van der Waals surface area contributed by atoms with Crippen LogP contribution in [0, 0.1) is 0 Å². The van der Waals surface area contributed by atoms with Crippen LogP contribution in [0.4, 0.5) is 5.13 Å². The molecule has 1 atom stereocenters. The largest absolute Gasteiger partial charge is 0.493 e. The van der Waals surface area contributed by atoms with Crippen molar-refractivity contribution < 1.29 is 19.0 Å². The van der Waals surface area contributed by atoms with Gasteiger partial charge in [0, 0.05) is 12.2 Å². The van der Waals surface area contributed by atoms with Crippen molar-refractivity contribution in [2.45, 2.75) is 18.9 Å². The highest BCUT2D eigenvalue weighted by molar-refractivity contribution is 7.22. The number of hydrogen-bond acceptors (Lipinski definition) is 6. The molecule has 6 nitrogen and oxygen atoms in total. The third kappa shape index (κ3) is 4.03. The molecule has 0 aliphatic carbocycles. The van der Waals surface area contributed by atoms with Crippen LogP contribution in [-0.2, 0) is 4.74 Å². The number of ether oxygens (including phenoxy) is 3. The van der Waals surface area contributed by atoms with E-state index in [1.807, 2.05) is 12.1 Å². The summed E-state index contributed by atoms with van der Waals surface area (Å²) in [7, 11) is 3.11. The van der Waals surface area contributed by atoms with Gasteiger partial charge in [-0.15, -0.1) is 0 Å². The Balaban J connectivity index is 1.73. The zero-order valence-electron chi connectivity index (χ0n) is 16.2. The summed E-state index contributed by atoms with van der Waals surface area (Å²) < 4.78 is 17.4. The predicted molar refractivity (Wildman–Crippen MR) is 115 cm³/mol. The van der Waals surface area contributed by atoms with E-state index in [1.54, 1.807) is 43.4 Å². The third-order valence-corrected chi connectivity index (χ3v) is 6.22. The van der Waals surface area contributed by atoms with Crippen molar-refractivity contribution in [3.63, 3.8) is 0 Å². The molecule has 152 valence electrons. The fourth-order valence-corrected chi connectivity index (χ4v) is 4.66. The van der Waals surface area contributed by atoms with Crippen molar-refractivity contribution in [3.8, 4) is 11.5 Å². The molecular weight excluding hydrogens is 412 g/mol. The fourth-order valence-electron chi connectivity index (χ4n) is 3.38. The molecule has 1 aliphatic heterocycles. The molecule has 1 aliphatic rings.